The predicted molar refractivity (Wildman–Crippen MR) is 155 cm³/mol. The number of nitrogens with zero attached hydrogens (tertiary/aromatic N) is 2. The Kier molecular flexibility index (Phi) is 12.6. The van der Waals surface area contributed by atoms with E-state index in [0.29, 0.717) is 0 Å². The second kappa shape index (κ2) is 14.9. The molecule has 0 amide bonds. The quantitative estimate of drug-likeness (QED) is 0.144. The maximum Gasteiger partial charge on any atom is 0.162 e. The molecular formula is C33H45IrN2O3-. The molecule has 1 aliphatic carbocycles. The first kappa shape index (κ1) is 32.9. The number of hydrogen-bond acceptors (Lipinski definition) is 5. The third kappa shape index (κ3) is 8.11. The summed E-state index contributed by atoms with van der Waals surface area (Å²) in [5.41, 5.74) is 6.28. The number of furan rings is 1. The van der Waals surface area contributed by atoms with Gasteiger partial charge in [-0.25, -0.2) is 0 Å². The minimum atomic E-state index is 0. The summed E-state index contributed by atoms with van der Waals surface area (Å²) in [6, 6.07) is 7.43. The molecule has 39 heavy (non-hydrogen) atoms. The van der Waals surface area contributed by atoms with Crippen LogP contribution in [0.25, 0.3) is 22.4 Å². The van der Waals surface area contributed by atoms with Gasteiger partial charge in [-0.15, -0.1) is 5.56 Å². The van der Waals surface area contributed by atoms with Crippen molar-refractivity contribution in [3.8, 4) is 11.3 Å². The number of hydrogen-bond donors (Lipinski definition) is 1. The second-order valence-electron chi connectivity index (χ2n) is 11.3. The van der Waals surface area contributed by atoms with Gasteiger partial charge in [0.1, 0.15) is 0 Å². The molecule has 5 nitrogen and oxygen atoms in total. The molecule has 1 N–H and O–H groups in total. The van der Waals surface area contributed by atoms with Crippen LogP contribution in [0.3, 0.4) is 0 Å². The van der Waals surface area contributed by atoms with Gasteiger partial charge in [0.2, 0.25) is 0 Å². The number of aromatic nitrogens is 2. The molecule has 3 aromatic rings. The largest absolute Gasteiger partial charge is 0.517 e. The summed E-state index contributed by atoms with van der Waals surface area (Å²) in [6.07, 6.45) is 13.1. The summed E-state index contributed by atoms with van der Waals surface area (Å²) in [6.45, 7) is 14.7. The minimum Gasteiger partial charge on any atom is -0.517 e. The van der Waals surface area contributed by atoms with Gasteiger partial charge in [-0.3, -0.25) is 9.78 Å². The summed E-state index contributed by atoms with van der Waals surface area (Å²) in [4.78, 5) is 20.9. The van der Waals surface area contributed by atoms with Gasteiger partial charge in [0.15, 0.2) is 5.78 Å². The van der Waals surface area contributed by atoms with Crippen LogP contribution in [0.1, 0.15) is 104 Å². The van der Waals surface area contributed by atoms with Crippen LogP contribution in [0.15, 0.2) is 40.8 Å². The molecule has 6 heteroatoms. The second-order valence-corrected chi connectivity index (χ2v) is 11.3. The van der Waals surface area contributed by atoms with E-state index in [0.717, 1.165) is 66.6 Å². The molecule has 0 saturated heterocycles. The Morgan fingerprint density at radius 2 is 1.67 bits per heavy atom. The number of aliphatic hydroxyl groups excluding tert-OH is 1. The third-order valence-electron chi connectivity index (χ3n) is 7.74. The number of fused-ring (bicyclic) bond motifs is 3. The van der Waals surface area contributed by atoms with Crippen molar-refractivity contribution in [1.82, 2.24) is 9.97 Å². The maximum absolute atomic E-state index is 11.7. The molecular weight excluding hydrogens is 665 g/mol. The monoisotopic (exact) mass is 710 g/mol. The fourth-order valence-electron chi connectivity index (χ4n) is 5.04. The first-order valence-corrected chi connectivity index (χ1v) is 14.4. The summed E-state index contributed by atoms with van der Waals surface area (Å²) < 4.78 is 6.14. The van der Waals surface area contributed by atoms with E-state index in [1.165, 1.54) is 30.0 Å². The Morgan fingerprint density at radius 3 is 2.23 bits per heavy atom. The van der Waals surface area contributed by atoms with Gasteiger partial charge in [0.25, 0.3) is 0 Å². The first-order chi connectivity index (χ1) is 18.1. The van der Waals surface area contributed by atoms with Crippen molar-refractivity contribution in [3.63, 3.8) is 0 Å². The van der Waals surface area contributed by atoms with E-state index in [2.05, 4.69) is 48.9 Å². The molecule has 215 valence electrons. The Balaban J connectivity index is 0.000000294. The van der Waals surface area contributed by atoms with Gasteiger partial charge in [-0.2, -0.15) is 6.07 Å². The molecule has 1 radical (unpaired) electrons. The van der Waals surface area contributed by atoms with Gasteiger partial charge in [0, 0.05) is 61.8 Å². The molecule has 3 aromatic heterocycles. The van der Waals surface area contributed by atoms with Crippen LogP contribution >= 0.6 is 0 Å². The molecule has 0 bridgehead atoms. The number of ketones is 1. The molecule has 0 spiro atoms. The van der Waals surface area contributed by atoms with Crippen molar-refractivity contribution >= 4 is 16.9 Å². The Bertz CT molecular complexity index is 1230. The van der Waals surface area contributed by atoms with E-state index in [1.807, 2.05) is 33.9 Å². The minimum absolute atomic E-state index is 0. The number of aliphatic hydroxyl groups is 1. The Hall–Kier alpha value is -2.30. The van der Waals surface area contributed by atoms with Crippen LogP contribution in [0.5, 0.6) is 0 Å². The van der Waals surface area contributed by atoms with Crippen LogP contribution < -0.4 is 0 Å². The van der Waals surface area contributed by atoms with Crippen LogP contribution in [0.2, 0.25) is 0 Å². The number of carbonyl (C=O) groups excluding carboxylic acids is 1. The zero-order valence-electron chi connectivity index (χ0n) is 24.7. The molecule has 0 unspecified atom stereocenters. The van der Waals surface area contributed by atoms with E-state index < -0.39 is 0 Å². The molecule has 1 aliphatic rings. The third-order valence-corrected chi connectivity index (χ3v) is 7.74. The van der Waals surface area contributed by atoms with Crippen LogP contribution in [-0.4, -0.2) is 20.9 Å². The SMILES string of the molecule is CC(C)(C)c1ccc(-c2[c-]cnc3c4c(oc23)CCCC4)nc1.CCC(CC)C(=O)/C=C(\O)C(CC)CC.[Ir]. The smallest absolute Gasteiger partial charge is 0.162 e. The van der Waals surface area contributed by atoms with Gasteiger partial charge >= 0.3 is 0 Å². The zero-order chi connectivity index (χ0) is 27.9. The van der Waals surface area contributed by atoms with Crippen LogP contribution in [0, 0.1) is 17.9 Å². The summed E-state index contributed by atoms with van der Waals surface area (Å²) in [7, 11) is 0. The molecule has 3 heterocycles. The zero-order valence-corrected chi connectivity index (χ0v) is 27.1. The average Bonchev–Trinajstić information content (AvgIpc) is 3.29. The molecule has 4 rings (SSSR count). The van der Waals surface area contributed by atoms with Gasteiger partial charge in [-0.05, 0) is 67.8 Å². The average molecular weight is 710 g/mol. The maximum atomic E-state index is 11.7. The van der Waals surface area contributed by atoms with E-state index in [4.69, 9.17) is 4.42 Å². The molecule has 0 aromatic carbocycles. The van der Waals surface area contributed by atoms with Crippen molar-refractivity contribution < 1.29 is 34.4 Å². The van der Waals surface area contributed by atoms with Crippen molar-refractivity contribution in [3.05, 3.63) is 59.3 Å². The van der Waals surface area contributed by atoms with Crippen molar-refractivity contribution in [1.29, 1.82) is 0 Å². The number of rotatable bonds is 8. The Labute approximate surface area is 248 Å². The summed E-state index contributed by atoms with van der Waals surface area (Å²) in [5.74, 6) is 1.65. The standard InChI is InChI=1S/C20H21N2O.C13H24O2.Ir/c1-20(2,3)13-8-9-16(22-12-13)14-10-11-21-18-15-6-4-5-7-17(15)23-19(14)18;1-5-10(6-2)12(14)9-13(15)11(7-3)8-4;/h8-9,11-12H,4-7H2,1-3H3;9-11,14H,5-8H2,1-4H3;/q-1;;/b;12-9-;. The molecule has 0 saturated carbocycles. The van der Waals surface area contributed by atoms with E-state index in [9.17, 15) is 9.90 Å². The molecule has 0 atom stereocenters. The van der Waals surface area contributed by atoms with Crippen molar-refractivity contribution in [2.24, 2.45) is 11.8 Å². The fraction of sp³-hybridized carbons (Fsp3) is 0.545. The van der Waals surface area contributed by atoms with E-state index in [1.54, 1.807) is 6.20 Å². The Morgan fingerprint density at radius 1 is 1.03 bits per heavy atom. The number of carbonyl (C=O) groups is 1. The number of aryl methyl sites for hydroxylation is 2. The van der Waals surface area contributed by atoms with Crippen LogP contribution in [0.4, 0.5) is 0 Å². The molecule has 0 fully saturated rings. The predicted octanol–water partition coefficient (Wildman–Crippen LogP) is 8.73. The first-order valence-electron chi connectivity index (χ1n) is 14.4. The number of pyridine rings is 2. The van der Waals surface area contributed by atoms with E-state index >= 15 is 0 Å². The van der Waals surface area contributed by atoms with Crippen LogP contribution in [-0.2, 0) is 43.2 Å². The van der Waals surface area contributed by atoms with Crippen molar-refractivity contribution in [2.45, 2.75) is 105 Å². The fourth-order valence-corrected chi connectivity index (χ4v) is 5.04. The summed E-state index contributed by atoms with van der Waals surface area (Å²) in [5, 5.41) is 9.76. The number of allylic oxidation sites excluding steroid dienone is 2. The van der Waals surface area contributed by atoms with Gasteiger partial charge < -0.3 is 14.5 Å². The van der Waals surface area contributed by atoms with E-state index in [-0.39, 0.29) is 48.9 Å². The topological polar surface area (TPSA) is 76.2 Å². The van der Waals surface area contributed by atoms with Gasteiger partial charge in [0.05, 0.1) is 17.0 Å². The van der Waals surface area contributed by atoms with Crippen molar-refractivity contribution in [2.75, 3.05) is 0 Å². The normalized spacial score (nSPS) is 13.6. The molecule has 0 aliphatic heterocycles. The van der Waals surface area contributed by atoms with Gasteiger partial charge in [-0.1, -0.05) is 60.6 Å². The summed E-state index contributed by atoms with van der Waals surface area (Å²) >= 11 is 0.